The summed E-state index contributed by atoms with van der Waals surface area (Å²) in [5.74, 6) is 4.31. The van der Waals surface area contributed by atoms with Crippen molar-refractivity contribution in [3.63, 3.8) is 0 Å². The Hall–Kier alpha value is -0.890. The molecule has 5 aliphatic rings. The van der Waals surface area contributed by atoms with Gasteiger partial charge in [-0.3, -0.25) is 4.79 Å². The number of ketones is 1. The Morgan fingerprint density at radius 2 is 2.12 bits per heavy atom. The van der Waals surface area contributed by atoms with Crippen molar-refractivity contribution in [3.05, 3.63) is 23.8 Å². The molecular formula is C23H32O2. The molecule has 6 unspecified atom stereocenters. The SMILES string of the molecule is CCC1CC2=CC(=O)CCC2C2CC[C@@]3(C)C(CCC34C=CCO4)C12. The van der Waals surface area contributed by atoms with Crippen LogP contribution in [0.4, 0.5) is 0 Å². The summed E-state index contributed by atoms with van der Waals surface area (Å²) in [7, 11) is 0. The van der Waals surface area contributed by atoms with Crippen LogP contribution in [-0.2, 0) is 9.53 Å². The molecule has 5 rings (SSSR count). The monoisotopic (exact) mass is 340 g/mol. The predicted molar refractivity (Wildman–Crippen MR) is 99.1 cm³/mol. The van der Waals surface area contributed by atoms with Crippen molar-refractivity contribution in [1.29, 1.82) is 0 Å². The minimum absolute atomic E-state index is 0.0274. The summed E-state index contributed by atoms with van der Waals surface area (Å²) in [4.78, 5) is 12.0. The highest BCUT2D eigenvalue weighted by molar-refractivity contribution is 5.91. The van der Waals surface area contributed by atoms with E-state index in [-0.39, 0.29) is 5.60 Å². The predicted octanol–water partition coefficient (Wildman–Crippen LogP) is 5.09. The lowest BCUT2D eigenvalue weighted by atomic mass is 9.48. The third-order valence-electron chi connectivity index (χ3n) is 9.00. The van der Waals surface area contributed by atoms with Gasteiger partial charge in [-0.05, 0) is 74.2 Å². The minimum Gasteiger partial charge on any atom is -0.366 e. The summed E-state index contributed by atoms with van der Waals surface area (Å²) in [6.45, 7) is 5.72. The molecule has 3 saturated carbocycles. The van der Waals surface area contributed by atoms with Crippen LogP contribution >= 0.6 is 0 Å². The number of ether oxygens (including phenoxy) is 1. The molecule has 0 saturated heterocycles. The minimum atomic E-state index is 0.0274. The van der Waals surface area contributed by atoms with Crippen molar-refractivity contribution in [1.82, 2.24) is 0 Å². The summed E-state index contributed by atoms with van der Waals surface area (Å²) in [5, 5.41) is 0. The molecule has 136 valence electrons. The summed E-state index contributed by atoms with van der Waals surface area (Å²) >= 11 is 0. The zero-order chi connectivity index (χ0) is 17.2. The first kappa shape index (κ1) is 16.3. The third-order valence-corrected chi connectivity index (χ3v) is 9.00. The highest BCUT2D eigenvalue weighted by Gasteiger charge is 2.64. The van der Waals surface area contributed by atoms with Crippen molar-refractivity contribution in [2.24, 2.45) is 35.0 Å². The van der Waals surface area contributed by atoms with Crippen molar-refractivity contribution >= 4 is 5.78 Å². The highest BCUT2D eigenvalue weighted by atomic mass is 16.5. The molecule has 2 heteroatoms. The smallest absolute Gasteiger partial charge is 0.155 e. The summed E-state index contributed by atoms with van der Waals surface area (Å²) in [6, 6.07) is 0. The molecule has 0 aromatic rings. The average molecular weight is 341 g/mol. The Bertz CT molecular complexity index is 646. The Kier molecular flexibility index (Phi) is 3.62. The fraction of sp³-hybridized carbons (Fsp3) is 0.783. The highest BCUT2D eigenvalue weighted by Crippen LogP contribution is 2.67. The second kappa shape index (κ2) is 5.55. The molecule has 7 atom stereocenters. The van der Waals surface area contributed by atoms with Crippen LogP contribution in [0, 0.1) is 35.0 Å². The van der Waals surface area contributed by atoms with Crippen LogP contribution in [0.1, 0.15) is 65.2 Å². The van der Waals surface area contributed by atoms with E-state index < -0.39 is 0 Å². The van der Waals surface area contributed by atoms with Gasteiger partial charge in [0.15, 0.2) is 5.78 Å². The molecule has 4 aliphatic carbocycles. The lowest BCUT2D eigenvalue weighted by Gasteiger charge is -2.58. The van der Waals surface area contributed by atoms with Gasteiger partial charge in [-0.1, -0.05) is 38.0 Å². The summed E-state index contributed by atoms with van der Waals surface area (Å²) < 4.78 is 6.38. The van der Waals surface area contributed by atoms with Gasteiger partial charge in [0, 0.05) is 11.8 Å². The van der Waals surface area contributed by atoms with Gasteiger partial charge in [-0.2, -0.15) is 0 Å². The summed E-state index contributed by atoms with van der Waals surface area (Å²) in [6.07, 6.45) is 16.3. The molecule has 0 amide bonds. The normalized spacial score (nSPS) is 51.2. The maximum Gasteiger partial charge on any atom is 0.155 e. The number of rotatable bonds is 1. The van der Waals surface area contributed by atoms with Gasteiger partial charge in [0.25, 0.3) is 0 Å². The second-order valence-corrected chi connectivity index (χ2v) is 9.65. The number of hydrogen-bond donors (Lipinski definition) is 0. The standard InChI is InChI=1S/C23H32O2/c1-3-15-13-16-14-17(24)5-6-18(16)19-7-10-22(2)20(21(15)19)8-11-23(22)9-4-12-25-23/h4,9,14-15,18-21H,3,5-8,10-13H2,1-2H3/t15?,18?,19?,20?,21?,22-,23?/m0/s1. The quantitative estimate of drug-likeness (QED) is 0.622. The molecule has 0 N–H and O–H groups in total. The lowest BCUT2D eigenvalue weighted by Crippen LogP contribution is -2.54. The number of carbonyl (C=O) groups is 1. The number of hydrogen-bond acceptors (Lipinski definition) is 2. The molecule has 1 aliphatic heterocycles. The van der Waals surface area contributed by atoms with Crippen molar-refractivity contribution < 1.29 is 9.53 Å². The van der Waals surface area contributed by atoms with E-state index in [1.54, 1.807) is 0 Å². The molecule has 1 spiro atoms. The van der Waals surface area contributed by atoms with Crippen LogP contribution in [0.2, 0.25) is 0 Å². The van der Waals surface area contributed by atoms with Gasteiger partial charge in [0.1, 0.15) is 0 Å². The number of fused-ring (bicyclic) bond motifs is 6. The molecule has 1 heterocycles. The van der Waals surface area contributed by atoms with E-state index in [9.17, 15) is 4.79 Å². The first-order chi connectivity index (χ1) is 12.1. The fourth-order valence-electron chi connectivity index (χ4n) is 7.82. The van der Waals surface area contributed by atoms with Gasteiger partial charge in [0.2, 0.25) is 0 Å². The van der Waals surface area contributed by atoms with Gasteiger partial charge < -0.3 is 4.74 Å². The molecule has 0 aromatic carbocycles. The van der Waals surface area contributed by atoms with Gasteiger partial charge in [-0.25, -0.2) is 0 Å². The number of allylic oxidation sites excluding steroid dienone is 1. The molecule has 0 aromatic heterocycles. The van der Waals surface area contributed by atoms with Crippen LogP contribution in [0.15, 0.2) is 23.8 Å². The van der Waals surface area contributed by atoms with Gasteiger partial charge in [0.05, 0.1) is 12.2 Å². The first-order valence-electron chi connectivity index (χ1n) is 10.6. The lowest BCUT2D eigenvalue weighted by molar-refractivity contribution is -0.124. The van der Waals surface area contributed by atoms with E-state index >= 15 is 0 Å². The van der Waals surface area contributed by atoms with E-state index in [1.165, 1.54) is 44.1 Å². The first-order valence-corrected chi connectivity index (χ1v) is 10.6. The number of carbonyl (C=O) groups excluding carboxylic acids is 1. The largest absolute Gasteiger partial charge is 0.366 e. The summed E-state index contributed by atoms with van der Waals surface area (Å²) in [5.41, 5.74) is 1.86. The molecule has 25 heavy (non-hydrogen) atoms. The second-order valence-electron chi connectivity index (χ2n) is 9.65. The van der Waals surface area contributed by atoms with E-state index in [4.69, 9.17) is 4.74 Å². The maximum absolute atomic E-state index is 12.0. The molecule has 3 fully saturated rings. The third kappa shape index (κ3) is 2.10. The molecule has 0 bridgehead atoms. The van der Waals surface area contributed by atoms with Crippen LogP contribution in [0.3, 0.4) is 0 Å². The molecule has 2 nitrogen and oxygen atoms in total. The van der Waals surface area contributed by atoms with Crippen molar-refractivity contribution in [2.45, 2.75) is 70.8 Å². The Labute approximate surface area is 152 Å². The Morgan fingerprint density at radius 1 is 1.24 bits per heavy atom. The zero-order valence-corrected chi connectivity index (χ0v) is 15.8. The van der Waals surface area contributed by atoms with E-state index in [2.05, 4.69) is 26.0 Å². The maximum atomic E-state index is 12.0. The molecule has 0 radical (unpaired) electrons. The van der Waals surface area contributed by atoms with E-state index in [0.29, 0.717) is 17.1 Å². The topological polar surface area (TPSA) is 26.3 Å². The fourth-order valence-corrected chi connectivity index (χ4v) is 7.82. The van der Waals surface area contributed by atoms with Crippen molar-refractivity contribution in [3.8, 4) is 0 Å². The van der Waals surface area contributed by atoms with Crippen LogP contribution in [0.5, 0.6) is 0 Å². The van der Waals surface area contributed by atoms with E-state index in [0.717, 1.165) is 43.1 Å². The Balaban J connectivity index is 1.52. The van der Waals surface area contributed by atoms with Crippen LogP contribution in [0.25, 0.3) is 0 Å². The van der Waals surface area contributed by atoms with E-state index in [1.807, 2.05) is 6.08 Å². The average Bonchev–Trinajstić information content (AvgIpc) is 3.20. The van der Waals surface area contributed by atoms with Crippen LogP contribution in [-0.4, -0.2) is 18.0 Å². The van der Waals surface area contributed by atoms with Crippen molar-refractivity contribution in [2.75, 3.05) is 6.61 Å². The Morgan fingerprint density at radius 3 is 2.88 bits per heavy atom. The van der Waals surface area contributed by atoms with Gasteiger partial charge in [-0.15, -0.1) is 0 Å². The van der Waals surface area contributed by atoms with Gasteiger partial charge >= 0.3 is 0 Å². The molecular weight excluding hydrogens is 308 g/mol. The zero-order valence-electron chi connectivity index (χ0n) is 15.8. The van der Waals surface area contributed by atoms with Crippen LogP contribution < -0.4 is 0 Å².